The van der Waals surface area contributed by atoms with Crippen LogP contribution in [0.3, 0.4) is 0 Å². The zero-order valence-electron chi connectivity index (χ0n) is 24.0. The highest BCUT2D eigenvalue weighted by Gasteiger charge is 2.21. The fraction of sp³-hybridized carbons (Fsp3) is 0.273. The van der Waals surface area contributed by atoms with E-state index in [2.05, 4.69) is 63.4 Å². The van der Waals surface area contributed by atoms with Crippen molar-refractivity contribution in [2.45, 2.75) is 19.8 Å². The molecule has 2 aliphatic rings. The third-order valence-electron chi connectivity index (χ3n) is 7.68. The molecule has 1 aliphatic heterocycles. The molecule has 0 radical (unpaired) electrons. The minimum absolute atomic E-state index is 0.0358. The first-order valence-corrected chi connectivity index (χ1v) is 14.4. The summed E-state index contributed by atoms with van der Waals surface area (Å²) >= 11 is 0. The van der Waals surface area contributed by atoms with Gasteiger partial charge in [0, 0.05) is 61.2 Å². The lowest BCUT2D eigenvalue weighted by Gasteiger charge is -2.32. The molecular formula is C33H35N7O2. The number of ether oxygens (including phenoxy) is 1. The molecule has 0 spiro atoms. The predicted octanol–water partition coefficient (Wildman–Crippen LogP) is 5.75. The topological polar surface area (TPSA) is 99.3 Å². The number of pyridine rings is 1. The van der Waals surface area contributed by atoms with Crippen LogP contribution in [0.5, 0.6) is 5.75 Å². The second-order valence-electron chi connectivity index (χ2n) is 10.7. The van der Waals surface area contributed by atoms with Crippen molar-refractivity contribution in [3.05, 3.63) is 96.0 Å². The predicted molar refractivity (Wildman–Crippen MR) is 166 cm³/mol. The first kappa shape index (κ1) is 27.4. The molecule has 0 atom stereocenters. The van der Waals surface area contributed by atoms with Crippen LogP contribution in [0.25, 0.3) is 22.3 Å². The van der Waals surface area contributed by atoms with E-state index in [1.807, 2.05) is 47.4 Å². The molecular weight excluding hydrogens is 526 g/mol. The Labute approximate surface area is 245 Å². The second kappa shape index (κ2) is 12.4. The summed E-state index contributed by atoms with van der Waals surface area (Å²) < 4.78 is 6.09. The zero-order chi connectivity index (χ0) is 28.9. The molecule has 9 nitrogen and oxygen atoms in total. The van der Waals surface area contributed by atoms with Crippen LogP contribution in [0.4, 0.5) is 11.6 Å². The number of carbonyl (C=O) groups excluding carboxylic acids is 1. The molecule has 0 bridgehead atoms. The number of benzene rings is 1. The highest BCUT2D eigenvalue weighted by Crippen LogP contribution is 2.25. The molecule has 214 valence electrons. The largest absolute Gasteiger partial charge is 0.489 e. The van der Waals surface area contributed by atoms with Gasteiger partial charge in [-0.15, -0.1) is 0 Å². The molecule has 42 heavy (non-hydrogen) atoms. The minimum Gasteiger partial charge on any atom is -0.489 e. The Kier molecular flexibility index (Phi) is 8.09. The van der Waals surface area contributed by atoms with Crippen LogP contribution in [0.15, 0.2) is 90.3 Å². The van der Waals surface area contributed by atoms with Gasteiger partial charge >= 0.3 is 0 Å². The van der Waals surface area contributed by atoms with E-state index >= 15 is 0 Å². The number of H-pyrrole nitrogens is 1. The number of anilines is 2. The number of hydrogen-bond acceptors (Lipinski definition) is 7. The van der Waals surface area contributed by atoms with Crippen LogP contribution in [-0.4, -0.2) is 75.5 Å². The van der Waals surface area contributed by atoms with Gasteiger partial charge in [-0.05, 0) is 61.9 Å². The van der Waals surface area contributed by atoms with E-state index in [-0.39, 0.29) is 5.91 Å². The van der Waals surface area contributed by atoms with E-state index in [9.17, 15) is 4.79 Å². The van der Waals surface area contributed by atoms with E-state index in [0.717, 1.165) is 66.9 Å². The number of amides is 1. The fourth-order valence-electron chi connectivity index (χ4n) is 5.08. The normalized spacial score (nSPS) is 15.7. The summed E-state index contributed by atoms with van der Waals surface area (Å²) in [4.78, 5) is 34.1. The molecule has 0 unspecified atom stereocenters. The van der Waals surface area contributed by atoms with Crippen molar-refractivity contribution in [2.75, 3.05) is 45.2 Å². The van der Waals surface area contributed by atoms with Crippen molar-refractivity contribution in [1.29, 1.82) is 0 Å². The second-order valence-corrected chi connectivity index (χ2v) is 10.7. The van der Waals surface area contributed by atoms with E-state index in [1.54, 1.807) is 12.4 Å². The summed E-state index contributed by atoms with van der Waals surface area (Å²) in [5, 5.41) is 4.24. The van der Waals surface area contributed by atoms with E-state index < -0.39 is 0 Å². The maximum absolute atomic E-state index is 13.0. The lowest BCUT2D eigenvalue weighted by atomic mass is 10.1. The Balaban J connectivity index is 1.13. The third kappa shape index (κ3) is 6.42. The van der Waals surface area contributed by atoms with Crippen molar-refractivity contribution in [2.24, 2.45) is 0 Å². The standard InChI is InChI=1S/C33H35N7O2/c1-3-23-5-4-6-24(8-7-23)22-42-27-11-13-34-30(21-27)29-12-14-35-33(38-29)36-26-9-10-28-25(19-26)20-31(37-28)32(41)40-17-15-39(2)16-18-40/h4-6,8-14,19-21,37H,3,7,15-18,22H2,1-2H3,(H,35,36,38). The smallest absolute Gasteiger partial charge is 0.270 e. The third-order valence-corrected chi connectivity index (χ3v) is 7.68. The fourth-order valence-corrected chi connectivity index (χ4v) is 5.08. The molecule has 4 heterocycles. The summed E-state index contributed by atoms with van der Waals surface area (Å²) in [7, 11) is 2.08. The van der Waals surface area contributed by atoms with E-state index in [1.165, 1.54) is 5.57 Å². The molecule has 2 N–H and O–H groups in total. The maximum Gasteiger partial charge on any atom is 0.270 e. The van der Waals surface area contributed by atoms with E-state index in [0.29, 0.717) is 29.6 Å². The van der Waals surface area contributed by atoms with Gasteiger partial charge in [0.05, 0.1) is 11.4 Å². The first-order chi connectivity index (χ1) is 20.5. The van der Waals surface area contributed by atoms with Crippen molar-refractivity contribution in [1.82, 2.24) is 29.7 Å². The molecule has 1 saturated heterocycles. The van der Waals surface area contributed by atoms with Gasteiger partial charge in [0.2, 0.25) is 5.95 Å². The van der Waals surface area contributed by atoms with Gasteiger partial charge in [-0.25, -0.2) is 9.97 Å². The monoisotopic (exact) mass is 561 g/mol. The van der Waals surface area contributed by atoms with Gasteiger partial charge in [0.1, 0.15) is 18.1 Å². The Morgan fingerprint density at radius 3 is 2.74 bits per heavy atom. The molecule has 0 saturated carbocycles. The first-order valence-electron chi connectivity index (χ1n) is 14.4. The maximum atomic E-state index is 13.0. The van der Waals surface area contributed by atoms with Crippen LogP contribution in [0.2, 0.25) is 0 Å². The van der Waals surface area contributed by atoms with Crippen LogP contribution in [0.1, 0.15) is 30.3 Å². The number of aromatic nitrogens is 4. The Morgan fingerprint density at radius 2 is 1.88 bits per heavy atom. The molecule has 1 aliphatic carbocycles. The number of fused-ring (bicyclic) bond motifs is 1. The number of likely N-dealkylation sites (N-methyl/N-ethyl adjacent to an activating group) is 1. The van der Waals surface area contributed by atoms with Crippen molar-refractivity contribution < 1.29 is 9.53 Å². The number of hydrogen-bond donors (Lipinski definition) is 2. The number of carbonyl (C=O) groups is 1. The Hall–Kier alpha value is -4.76. The van der Waals surface area contributed by atoms with Crippen LogP contribution in [0, 0.1) is 0 Å². The zero-order valence-corrected chi connectivity index (χ0v) is 24.0. The van der Waals surface area contributed by atoms with Crippen molar-refractivity contribution >= 4 is 28.4 Å². The SMILES string of the molecule is CCC1=CC=CC(COc2ccnc(-c3ccnc(Nc4ccc5[nH]c(C(=O)N6CCN(C)CC6)cc5c4)n3)c2)=CC1. The molecule has 1 aromatic carbocycles. The van der Waals surface area contributed by atoms with Gasteiger partial charge in [-0.2, -0.15) is 0 Å². The molecule has 6 rings (SSSR count). The quantitative estimate of drug-likeness (QED) is 0.283. The number of rotatable bonds is 8. The lowest BCUT2D eigenvalue weighted by Crippen LogP contribution is -2.47. The number of allylic oxidation sites excluding steroid dienone is 4. The molecule has 1 fully saturated rings. The van der Waals surface area contributed by atoms with Gasteiger partial charge < -0.3 is 24.8 Å². The lowest BCUT2D eigenvalue weighted by molar-refractivity contribution is 0.0659. The van der Waals surface area contributed by atoms with Crippen molar-refractivity contribution in [3.63, 3.8) is 0 Å². The van der Waals surface area contributed by atoms with Gasteiger partial charge in [-0.1, -0.05) is 36.8 Å². The Morgan fingerprint density at radius 1 is 1.02 bits per heavy atom. The van der Waals surface area contributed by atoms with Gasteiger partial charge in [0.25, 0.3) is 5.91 Å². The molecule has 3 aromatic heterocycles. The summed E-state index contributed by atoms with van der Waals surface area (Å²) in [6.07, 6.45) is 14.0. The summed E-state index contributed by atoms with van der Waals surface area (Å²) in [6.45, 7) is 5.92. The minimum atomic E-state index is 0.0358. The van der Waals surface area contributed by atoms with Crippen LogP contribution >= 0.6 is 0 Å². The summed E-state index contributed by atoms with van der Waals surface area (Å²) in [5.74, 6) is 1.22. The molecule has 4 aromatic rings. The van der Waals surface area contributed by atoms with Gasteiger partial charge in [0.15, 0.2) is 0 Å². The average molecular weight is 562 g/mol. The van der Waals surface area contributed by atoms with Crippen LogP contribution in [-0.2, 0) is 0 Å². The van der Waals surface area contributed by atoms with Crippen molar-refractivity contribution in [3.8, 4) is 17.1 Å². The van der Waals surface area contributed by atoms with Gasteiger partial charge in [-0.3, -0.25) is 9.78 Å². The number of aromatic amines is 1. The van der Waals surface area contributed by atoms with E-state index in [4.69, 9.17) is 9.72 Å². The molecule has 1 amide bonds. The Bertz CT molecular complexity index is 1680. The molecule has 9 heteroatoms. The summed E-state index contributed by atoms with van der Waals surface area (Å²) in [6, 6.07) is 13.4. The highest BCUT2D eigenvalue weighted by atomic mass is 16.5. The van der Waals surface area contributed by atoms with Crippen LogP contribution < -0.4 is 10.1 Å². The average Bonchev–Trinajstić information content (AvgIpc) is 3.30. The number of piperazine rings is 1. The summed E-state index contributed by atoms with van der Waals surface area (Å²) in [5.41, 5.74) is 6.29. The number of nitrogens with one attached hydrogen (secondary N) is 2. The number of nitrogens with zero attached hydrogens (tertiary/aromatic N) is 5. The highest BCUT2D eigenvalue weighted by molar-refractivity contribution is 5.98.